The van der Waals surface area contributed by atoms with Crippen LogP contribution in [0.3, 0.4) is 0 Å². The standard InChI is InChI=1S/C14H29N3O3/c1-11(2)17(4)10-6-9-15-14(20)16-12(3)7-5-8-13(18)19/h11-12H,5-10H2,1-4H3,(H,18,19)(H2,15,16,20). The van der Waals surface area contributed by atoms with Gasteiger partial charge in [-0.25, -0.2) is 4.79 Å². The van der Waals surface area contributed by atoms with Gasteiger partial charge in [-0.3, -0.25) is 4.79 Å². The molecule has 6 nitrogen and oxygen atoms in total. The van der Waals surface area contributed by atoms with Crippen LogP contribution < -0.4 is 10.6 Å². The Morgan fingerprint density at radius 2 is 1.85 bits per heavy atom. The van der Waals surface area contributed by atoms with Gasteiger partial charge in [0, 0.05) is 25.0 Å². The van der Waals surface area contributed by atoms with Crippen molar-refractivity contribution in [1.29, 1.82) is 0 Å². The lowest BCUT2D eigenvalue weighted by Crippen LogP contribution is -2.41. The number of carboxylic acids is 1. The molecule has 0 aromatic heterocycles. The van der Waals surface area contributed by atoms with E-state index in [-0.39, 0.29) is 18.5 Å². The fourth-order valence-electron chi connectivity index (χ4n) is 1.70. The molecule has 0 aliphatic rings. The van der Waals surface area contributed by atoms with E-state index in [0.29, 0.717) is 25.4 Å². The highest BCUT2D eigenvalue weighted by Gasteiger charge is 2.08. The summed E-state index contributed by atoms with van der Waals surface area (Å²) < 4.78 is 0. The van der Waals surface area contributed by atoms with Crippen molar-refractivity contribution in [1.82, 2.24) is 15.5 Å². The maximum atomic E-state index is 11.6. The highest BCUT2D eigenvalue weighted by molar-refractivity contribution is 5.74. The Morgan fingerprint density at radius 1 is 1.20 bits per heavy atom. The quantitative estimate of drug-likeness (QED) is 0.534. The second kappa shape index (κ2) is 10.5. The van der Waals surface area contributed by atoms with E-state index in [1.807, 2.05) is 6.92 Å². The number of rotatable bonds is 10. The van der Waals surface area contributed by atoms with Gasteiger partial charge < -0.3 is 20.6 Å². The molecule has 0 aromatic carbocycles. The van der Waals surface area contributed by atoms with Crippen molar-refractivity contribution in [2.24, 2.45) is 0 Å². The number of aliphatic carboxylic acids is 1. The molecule has 0 fully saturated rings. The summed E-state index contributed by atoms with van der Waals surface area (Å²) in [5.74, 6) is -0.795. The number of carbonyl (C=O) groups excluding carboxylic acids is 1. The summed E-state index contributed by atoms with van der Waals surface area (Å²) in [6.07, 6.45) is 2.32. The third kappa shape index (κ3) is 10.6. The van der Waals surface area contributed by atoms with Crippen LogP contribution in [-0.2, 0) is 4.79 Å². The molecule has 3 N–H and O–H groups in total. The third-order valence-corrected chi connectivity index (χ3v) is 3.26. The number of hydrogen-bond acceptors (Lipinski definition) is 3. The highest BCUT2D eigenvalue weighted by Crippen LogP contribution is 2.00. The normalized spacial score (nSPS) is 12.5. The van der Waals surface area contributed by atoms with Gasteiger partial charge in [0.25, 0.3) is 0 Å². The van der Waals surface area contributed by atoms with Crippen LogP contribution in [0.15, 0.2) is 0 Å². The molecule has 0 heterocycles. The largest absolute Gasteiger partial charge is 0.481 e. The van der Waals surface area contributed by atoms with E-state index in [2.05, 4.69) is 36.4 Å². The van der Waals surface area contributed by atoms with Crippen molar-refractivity contribution < 1.29 is 14.7 Å². The molecular formula is C14H29N3O3. The van der Waals surface area contributed by atoms with E-state index in [0.717, 1.165) is 13.0 Å². The number of carboxylic acid groups (broad SMARTS) is 1. The first-order valence-electron chi connectivity index (χ1n) is 7.29. The lowest BCUT2D eigenvalue weighted by molar-refractivity contribution is -0.137. The van der Waals surface area contributed by atoms with Crippen molar-refractivity contribution in [2.45, 2.75) is 58.5 Å². The third-order valence-electron chi connectivity index (χ3n) is 3.26. The zero-order chi connectivity index (χ0) is 15.5. The van der Waals surface area contributed by atoms with E-state index in [9.17, 15) is 9.59 Å². The zero-order valence-electron chi connectivity index (χ0n) is 13.1. The van der Waals surface area contributed by atoms with Crippen LogP contribution in [0.4, 0.5) is 4.79 Å². The minimum absolute atomic E-state index is 0.00677. The van der Waals surface area contributed by atoms with Gasteiger partial charge in [-0.05, 0) is 53.6 Å². The van der Waals surface area contributed by atoms with Gasteiger partial charge in [0.1, 0.15) is 0 Å². The van der Waals surface area contributed by atoms with Crippen molar-refractivity contribution in [3.63, 3.8) is 0 Å². The van der Waals surface area contributed by atoms with Crippen molar-refractivity contribution >= 4 is 12.0 Å². The van der Waals surface area contributed by atoms with E-state index in [1.165, 1.54) is 0 Å². The molecule has 0 rings (SSSR count). The average molecular weight is 287 g/mol. The van der Waals surface area contributed by atoms with E-state index in [4.69, 9.17) is 5.11 Å². The Hall–Kier alpha value is -1.30. The van der Waals surface area contributed by atoms with Gasteiger partial charge in [-0.2, -0.15) is 0 Å². The maximum Gasteiger partial charge on any atom is 0.314 e. The minimum Gasteiger partial charge on any atom is -0.481 e. The molecule has 1 atom stereocenters. The van der Waals surface area contributed by atoms with Gasteiger partial charge in [0.05, 0.1) is 0 Å². The topological polar surface area (TPSA) is 81.7 Å². The first kappa shape index (κ1) is 18.7. The highest BCUT2D eigenvalue weighted by atomic mass is 16.4. The summed E-state index contributed by atoms with van der Waals surface area (Å²) in [7, 11) is 2.06. The molecule has 0 spiro atoms. The molecule has 0 aliphatic heterocycles. The number of urea groups is 1. The van der Waals surface area contributed by atoms with E-state index >= 15 is 0 Å². The lowest BCUT2D eigenvalue weighted by Gasteiger charge is -2.21. The molecule has 2 amide bonds. The van der Waals surface area contributed by atoms with Crippen molar-refractivity contribution in [2.75, 3.05) is 20.1 Å². The number of nitrogens with one attached hydrogen (secondary N) is 2. The van der Waals surface area contributed by atoms with Crippen LogP contribution in [0.5, 0.6) is 0 Å². The molecule has 118 valence electrons. The summed E-state index contributed by atoms with van der Waals surface area (Å²) in [5.41, 5.74) is 0. The van der Waals surface area contributed by atoms with Gasteiger partial charge in [0.15, 0.2) is 0 Å². The van der Waals surface area contributed by atoms with Crippen LogP contribution in [-0.4, -0.2) is 54.2 Å². The van der Waals surface area contributed by atoms with Crippen LogP contribution in [0, 0.1) is 0 Å². The molecular weight excluding hydrogens is 258 g/mol. The van der Waals surface area contributed by atoms with Crippen LogP contribution in [0.1, 0.15) is 46.5 Å². The summed E-state index contributed by atoms with van der Waals surface area (Å²) in [4.78, 5) is 24.2. The lowest BCUT2D eigenvalue weighted by atomic mass is 10.1. The zero-order valence-corrected chi connectivity index (χ0v) is 13.1. The molecule has 1 unspecified atom stereocenters. The average Bonchev–Trinajstić information content (AvgIpc) is 2.33. The molecule has 20 heavy (non-hydrogen) atoms. The van der Waals surface area contributed by atoms with Crippen LogP contribution in [0.2, 0.25) is 0 Å². The molecule has 0 radical (unpaired) electrons. The summed E-state index contributed by atoms with van der Waals surface area (Å²) in [6.45, 7) is 7.75. The Bertz CT molecular complexity index is 295. The SMILES string of the molecule is CC(CCCC(=O)O)NC(=O)NCCCN(C)C(C)C. The Labute approximate surface area is 121 Å². The smallest absolute Gasteiger partial charge is 0.314 e. The van der Waals surface area contributed by atoms with E-state index in [1.54, 1.807) is 0 Å². The Morgan fingerprint density at radius 3 is 2.40 bits per heavy atom. The minimum atomic E-state index is -0.795. The first-order chi connectivity index (χ1) is 9.32. The summed E-state index contributed by atoms with van der Waals surface area (Å²) in [5, 5.41) is 14.2. The second-order valence-electron chi connectivity index (χ2n) is 5.52. The maximum absolute atomic E-state index is 11.6. The number of amides is 2. The Balaban J connectivity index is 3.60. The first-order valence-corrected chi connectivity index (χ1v) is 7.29. The summed E-state index contributed by atoms with van der Waals surface area (Å²) in [6, 6.07) is 0.325. The van der Waals surface area contributed by atoms with E-state index < -0.39 is 5.97 Å². The second-order valence-corrected chi connectivity index (χ2v) is 5.52. The predicted octanol–water partition coefficient (Wildman–Crippen LogP) is 1.66. The molecule has 0 aromatic rings. The number of hydrogen-bond donors (Lipinski definition) is 3. The van der Waals surface area contributed by atoms with Gasteiger partial charge in [-0.15, -0.1) is 0 Å². The summed E-state index contributed by atoms with van der Waals surface area (Å²) >= 11 is 0. The number of nitrogens with zero attached hydrogens (tertiary/aromatic N) is 1. The van der Waals surface area contributed by atoms with Gasteiger partial charge in [0.2, 0.25) is 0 Å². The molecule has 0 aliphatic carbocycles. The van der Waals surface area contributed by atoms with Crippen molar-refractivity contribution in [3.8, 4) is 0 Å². The predicted molar refractivity (Wildman–Crippen MR) is 79.9 cm³/mol. The molecule has 0 saturated heterocycles. The Kier molecular flexibility index (Phi) is 9.80. The molecule has 0 bridgehead atoms. The molecule has 0 saturated carbocycles. The molecule has 6 heteroatoms. The number of carbonyl (C=O) groups is 2. The monoisotopic (exact) mass is 287 g/mol. The van der Waals surface area contributed by atoms with Gasteiger partial charge in [-0.1, -0.05) is 0 Å². The fraction of sp³-hybridized carbons (Fsp3) is 0.857. The van der Waals surface area contributed by atoms with Crippen LogP contribution in [0.25, 0.3) is 0 Å². The van der Waals surface area contributed by atoms with Crippen molar-refractivity contribution in [3.05, 3.63) is 0 Å². The van der Waals surface area contributed by atoms with Crippen LogP contribution >= 0.6 is 0 Å². The van der Waals surface area contributed by atoms with Gasteiger partial charge >= 0.3 is 12.0 Å². The fourth-order valence-corrected chi connectivity index (χ4v) is 1.70.